The minimum Gasteiger partial charge on any atom is -0.396 e. The number of carbonyl (C=O) groups is 1. The fourth-order valence-electron chi connectivity index (χ4n) is 1.92. The number of piperidine rings is 1. The molecule has 0 aromatic rings. The average molecular weight is 199 g/mol. The van der Waals surface area contributed by atoms with E-state index in [1.54, 1.807) is 0 Å². The van der Waals surface area contributed by atoms with Crippen LogP contribution in [0.3, 0.4) is 0 Å². The van der Waals surface area contributed by atoms with E-state index in [0.717, 1.165) is 25.9 Å². The topological polar surface area (TPSA) is 40.5 Å². The van der Waals surface area contributed by atoms with Gasteiger partial charge in [0.2, 0.25) is 5.91 Å². The Morgan fingerprint density at radius 3 is 2.86 bits per heavy atom. The third-order valence-corrected chi connectivity index (χ3v) is 2.71. The summed E-state index contributed by atoms with van der Waals surface area (Å²) >= 11 is 0. The van der Waals surface area contributed by atoms with Gasteiger partial charge in [-0.25, -0.2) is 0 Å². The maximum atomic E-state index is 11.7. The molecule has 1 saturated heterocycles. The number of hydrogen-bond donors (Lipinski definition) is 1. The van der Waals surface area contributed by atoms with Crippen molar-refractivity contribution in [2.24, 2.45) is 11.8 Å². The van der Waals surface area contributed by atoms with Gasteiger partial charge in [-0.15, -0.1) is 0 Å². The van der Waals surface area contributed by atoms with E-state index in [-0.39, 0.29) is 12.5 Å². The Balaban J connectivity index is 2.39. The Labute approximate surface area is 86.1 Å². The molecule has 1 atom stereocenters. The van der Waals surface area contributed by atoms with Gasteiger partial charge in [-0.3, -0.25) is 4.79 Å². The summed E-state index contributed by atoms with van der Waals surface area (Å²) in [5, 5.41) is 9.03. The summed E-state index contributed by atoms with van der Waals surface area (Å²) in [6.07, 6.45) is 2.73. The Hall–Kier alpha value is -0.570. The normalized spacial score (nSPS) is 22.9. The fraction of sp³-hybridized carbons (Fsp3) is 0.909. The summed E-state index contributed by atoms with van der Waals surface area (Å²) < 4.78 is 0. The van der Waals surface area contributed by atoms with Gasteiger partial charge in [-0.2, -0.15) is 0 Å². The maximum absolute atomic E-state index is 11.7. The van der Waals surface area contributed by atoms with Gasteiger partial charge in [0.05, 0.1) is 0 Å². The molecule has 0 bridgehead atoms. The predicted molar refractivity (Wildman–Crippen MR) is 55.8 cm³/mol. The highest BCUT2D eigenvalue weighted by Gasteiger charge is 2.23. The van der Waals surface area contributed by atoms with Crippen molar-refractivity contribution in [3.8, 4) is 0 Å². The third-order valence-electron chi connectivity index (χ3n) is 2.71. The Bertz CT molecular complexity index is 192. The molecule has 0 spiro atoms. The van der Waals surface area contributed by atoms with E-state index < -0.39 is 0 Å². The van der Waals surface area contributed by atoms with Crippen LogP contribution < -0.4 is 0 Å². The van der Waals surface area contributed by atoms with Gasteiger partial charge in [0, 0.05) is 26.1 Å². The monoisotopic (exact) mass is 199 g/mol. The number of carbonyl (C=O) groups excluding carboxylic acids is 1. The molecule has 82 valence electrons. The summed E-state index contributed by atoms with van der Waals surface area (Å²) in [5.74, 6) is 0.981. The SMILES string of the molecule is CC(C)CC(=O)N1CCCC(CO)C1. The third kappa shape index (κ3) is 3.29. The van der Waals surface area contributed by atoms with Crippen molar-refractivity contribution in [3.05, 3.63) is 0 Å². The quantitative estimate of drug-likeness (QED) is 0.743. The average Bonchev–Trinajstić information content (AvgIpc) is 2.17. The first-order valence-corrected chi connectivity index (χ1v) is 5.52. The largest absolute Gasteiger partial charge is 0.396 e. The van der Waals surface area contributed by atoms with Crippen LogP contribution in [-0.4, -0.2) is 35.6 Å². The summed E-state index contributed by atoms with van der Waals surface area (Å²) in [5.41, 5.74) is 0. The van der Waals surface area contributed by atoms with Crippen molar-refractivity contribution in [1.82, 2.24) is 4.90 Å². The van der Waals surface area contributed by atoms with Crippen molar-refractivity contribution in [2.45, 2.75) is 33.1 Å². The highest BCUT2D eigenvalue weighted by atomic mass is 16.3. The lowest BCUT2D eigenvalue weighted by atomic mass is 9.98. The molecule has 1 fully saturated rings. The van der Waals surface area contributed by atoms with Gasteiger partial charge in [0.25, 0.3) is 0 Å². The zero-order chi connectivity index (χ0) is 10.6. The number of aliphatic hydroxyl groups is 1. The second-order valence-corrected chi connectivity index (χ2v) is 4.63. The van der Waals surface area contributed by atoms with Crippen molar-refractivity contribution < 1.29 is 9.90 Å². The molecule has 3 heteroatoms. The fourth-order valence-corrected chi connectivity index (χ4v) is 1.92. The Morgan fingerprint density at radius 2 is 2.29 bits per heavy atom. The first-order valence-electron chi connectivity index (χ1n) is 5.52. The van der Waals surface area contributed by atoms with Gasteiger partial charge in [-0.05, 0) is 24.7 Å². The number of likely N-dealkylation sites (tertiary alicyclic amines) is 1. The molecule has 1 aliphatic rings. The summed E-state index contributed by atoms with van der Waals surface area (Å²) in [4.78, 5) is 13.6. The van der Waals surface area contributed by atoms with E-state index in [1.807, 2.05) is 4.90 Å². The van der Waals surface area contributed by atoms with E-state index in [2.05, 4.69) is 13.8 Å². The molecule has 1 heterocycles. The van der Waals surface area contributed by atoms with Crippen LogP contribution in [0.2, 0.25) is 0 Å². The van der Waals surface area contributed by atoms with Crippen LogP contribution >= 0.6 is 0 Å². The van der Waals surface area contributed by atoms with Gasteiger partial charge in [0.15, 0.2) is 0 Å². The van der Waals surface area contributed by atoms with E-state index in [9.17, 15) is 4.79 Å². The molecular weight excluding hydrogens is 178 g/mol. The van der Waals surface area contributed by atoms with E-state index >= 15 is 0 Å². The first kappa shape index (κ1) is 11.5. The summed E-state index contributed by atoms with van der Waals surface area (Å²) in [6, 6.07) is 0. The van der Waals surface area contributed by atoms with Gasteiger partial charge >= 0.3 is 0 Å². The summed E-state index contributed by atoms with van der Waals surface area (Å²) in [7, 11) is 0. The molecule has 1 unspecified atom stereocenters. The zero-order valence-corrected chi connectivity index (χ0v) is 9.20. The van der Waals surface area contributed by atoms with Crippen LogP contribution in [0.15, 0.2) is 0 Å². The molecule has 1 aliphatic heterocycles. The molecular formula is C11H21NO2. The standard InChI is InChI=1S/C11H21NO2/c1-9(2)6-11(14)12-5-3-4-10(7-12)8-13/h9-10,13H,3-8H2,1-2H3. The molecule has 0 aromatic carbocycles. The Morgan fingerprint density at radius 1 is 1.57 bits per heavy atom. The maximum Gasteiger partial charge on any atom is 0.222 e. The van der Waals surface area contributed by atoms with E-state index in [0.29, 0.717) is 18.3 Å². The van der Waals surface area contributed by atoms with E-state index in [1.165, 1.54) is 0 Å². The molecule has 0 aliphatic carbocycles. The van der Waals surface area contributed by atoms with Crippen LogP contribution in [0, 0.1) is 11.8 Å². The van der Waals surface area contributed by atoms with Crippen LogP contribution in [0.1, 0.15) is 33.1 Å². The van der Waals surface area contributed by atoms with Crippen molar-refractivity contribution in [2.75, 3.05) is 19.7 Å². The molecule has 14 heavy (non-hydrogen) atoms. The van der Waals surface area contributed by atoms with Crippen LogP contribution in [0.25, 0.3) is 0 Å². The zero-order valence-electron chi connectivity index (χ0n) is 9.20. The van der Waals surface area contributed by atoms with Gasteiger partial charge in [0.1, 0.15) is 0 Å². The summed E-state index contributed by atoms with van der Waals surface area (Å²) in [6.45, 7) is 5.96. The second-order valence-electron chi connectivity index (χ2n) is 4.63. The smallest absolute Gasteiger partial charge is 0.222 e. The number of amides is 1. The van der Waals surface area contributed by atoms with Crippen molar-refractivity contribution >= 4 is 5.91 Å². The predicted octanol–water partition coefficient (Wildman–Crippen LogP) is 1.26. The van der Waals surface area contributed by atoms with E-state index in [4.69, 9.17) is 5.11 Å². The molecule has 0 saturated carbocycles. The lowest BCUT2D eigenvalue weighted by molar-refractivity contribution is -0.134. The lowest BCUT2D eigenvalue weighted by Gasteiger charge is -2.32. The Kier molecular flexibility index (Phi) is 4.39. The lowest BCUT2D eigenvalue weighted by Crippen LogP contribution is -2.41. The second kappa shape index (κ2) is 5.35. The molecule has 1 N–H and O–H groups in total. The first-order chi connectivity index (χ1) is 6.63. The van der Waals surface area contributed by atoms with Gasteiger partial charge in [-0.1, -0.05) is 13.8 Å². The van der Waals surface area contributed by atoms with Crippen LogP contribution in [0.5, 0.6) is 0 Å². The highest BCUT2D eigenvalue weighted by molar-refractivity contribution is 5.76. The van der Waals surface area contributed by atoms with Crippen molar-refractivity contribution in [1.29, 1.82) is 0 Å². The highest BCUT2D eigenvalue weighted by Crippen LogP contribution is 2.17. The number of hydrogen-bond acceptors (Lipinski definition) is 2. The number of nitrogens with zero attached hydrogens (tertiary/aromatic N) is 1. The molecule has 1 rings (SSSR count). The minimum atomic E-state index is 0.214. The minimum absolute atomic E-state index is 0.214. The molecule has 1 amide bonds. The van der Waals surface area contributed by atoms with Crippen LogP contribution in [-0.2, 0) is 4.79 Å². The van der Waals surface area contributed by atoms with Crippen molar-refractivity contribution in [3.63, 3.8) is 0 Å². The number of aliphatic hydroxyl groups excluding tert-OH is 1. The van der Waals surface area contributed by atoms with Crippen LogP contribution in [0.4, 0.5) is 0 Å². The molecule has 0 radical (unpaired) electrons. The molecule has 3 nitrogen and oxygen atoms in total. The van der Waals surface area contributed by atoms with Gasteiger partial charge < -0.3 is 10.0 Å². The number of rotatable bonds is 3. The molecule has 0 aromatic heterocycles.